The van der Waals surface area contributed by atoms with Crippen LogP contribution < -0.4 is 0 Å². The molecule has 0 aromatic heterocycles. The molecule has 0 heterocycles. The van der Waals surface area contributed by atoms with E-state index in [1.807, 2.05) is 18.2 Å². The summed E-state index contributed by atoms with van der Waals surface area (Å²) in [5.41, 5.74) is 0. The minimum Gasteiger partial charge on any atom is -0.462 e. The number of carbonyl (C=O) groups is 3. The number of rotatable bonds is 47. The minimum absolute atomic E-state index is 0.0652. The number of esters is 3. The molecular formula is C54H93O11P. The number of hydrogen-bond donors (Lipinski definition) is 2. The quantitative estimate of drug-likeness (QED) is 0.0197. The summed E-state index contributed by atoms with van der Waals surface area (Å²) in [6.07, 6.45) is 52.0. The van der Waals surface area contributed by atoms with E-state index in [1.165, 1.54) is 70.6 Å². The van der Waals surface area contributed by atoms with Gasteiger partial charge in [-0.25, -0.2) is 4.57 Å². The number of aliphatic hydroxyl groups excluding tert-OH is 1. The van der Waals surface area contributed by atoms with Gasteiger partial charge < -0.3 is 24.2 Å². The van der Waals surface area contributed by atoms with Crippen LogP contribution in [0.2, 0.25) is 0 Å². The molecule has 0 aromatic carbocycles. The second-order valence-corrected chi connectivity index (χ2v) is 18.4. The number of allylic oxidation sites excluding steroid dienone is 11. The first kappa shape index (κ1) is 62.9. The van der Waals surface area contributed by atoms with E-state index in [0.29, 0.717) is 19.3 Å². The molecule has 3 atom stereocenters. The lowest BCUT2D eigenvalue weighted by Crippen LogP contribution is -2.30. The molecule has 3 unspecified atom stereocenters. The number of unbranched alkanes of at least 4 members (excludes halogenated alkanes) is 19. The topological polar surface area (TPSA) is 155 Å². The van der Waals surface area contributed by atoms with Crippen molar-refractivity contribution in [3.05, 3.63) is 72.9 Å². The van der Waals surface area contributed by atoms with Crippen molar-refractivity contribution in [3.8, 4) is 0 Å². The molecule has 0 saturated carbocycles. The summed E-state index contributed by atoms with van der Waals surface area (Å²) in [6, 6.07) is 0. The molecule has 12 heteroatoms. The molecular weight excluding hydrogens is 856 g/mol. The third kappa shape index (κ3) is 46.0. The van der Waals surface area contributed by atoms with Crippen molar-refractivity contribution in [3.63, 3.8) is 0 Å². The molecule has 380 valence electrons. The van der Waals surface area contributed by atoms with Gasteiger partial charge in [0.2, 0.25) is 0 Å². The average molecular weight is 949 g/mol. The summed E-state index contributed by atoms with van der Waals surface area (Å²) in [5, 5.41) is 9.77. The summed E-state index contributed by atoms with van der Waals surface area (Å²) < 4.78 is 39.1. The summed E-state index contributed by atoms with van der Waals surface area (Å²) in [5.74, 6) is -1.63. The Hall–Kier alpha value is -3.08. The third-order valence-electron chi connectivity index (χ3n) is 10.6. The molecule has 0 fully saturated rings. The van der Waals surface area contributed by atoms with Crippen LogP contribution in [0.1, 0.15) is 213 Å². The fourth-order valence-electron chi connectivity index (χ4n) is 6.72. The minimum atomic E-state index is -4.76. The Morgan fingerprint density at radius 1 is 0.455 bits per heavy atom. The van der Waals surface area contributed by atoms with Crippen LogP contribution in [0.15, 0.2) is 72.9 Å². The Labute approximate surface area is 401 Å². The van der Waals surface area contributed by atoms with E-state index in [0.717, 1.165) is 83.5 Å². The van der Waals surface area contributed by atoms with Crippen LogP contribution in [0.25, 0.3) is 0 Å². The van der Waals surface area contributed by atoms with Crippen LogP contribution in [0.5, 0.6) is 0 Å². The van der Waals surface area contributed by atoms with E-state index in [4.69, 9.17) is 23.3 Å². The fraction of sp³-hybridized carbons (Fsp3) is 0.722. The van der Waals surface area contributed by atoms with Gasteiger partial charge >= 0.3 is 25.7 Å². The van der Waals surface area contributed by atoms with E-state index in [2.05, 4.69) is 69.4 Å². The van der Waals surface area contributed by atoms with Crippen molar-refractivity contribution in [1.29, 1.82) is 0 Å². The number of phosphoric ester groups is 1. The van der Waals surface area contributed by atoms with Crippen molar-refractivity contribution < 1.29 is 52.2 Å². The van der Waals surface area contributed by atoms with Gasteiger partial charge in [0, 0.05) is 12.8 Å². The van der Waals surface area contributed by atoms with Gasteiger partial charge in [0.15, 0.2) is 6.10 Å². The second-order valence-electron chi connectivity index (χ2n) is 17.0. The van der Waals surface area contributed by atoms with Gasteiger partial charge in [0.25, 0.3) is 0 Å². The smallest absolute Gasteiger partial charge is 0.462 e. The number of carbonyl (C=O) groups excluding carboxylic acids is 3. The lowest BCUT2D eigenvalue weighted by atomic mass is 10.1. The molecule has 11 nitrogen and oxygen atoms in total. The van der Waals surface area contributed by atoms with Crippen LogP contribution in [-0.2, 0) is 42.2 Å². The van der Waals surface area contributed by atoms with Gasteiger partial charge in [0.1, 0.15) is 12.7 Å². The Morgan fingerprint density at radius 2 is 0.848 bits per heavy atom. The third-order valence-corrected chi connectivity index (χ3v) is 11.6. The van der Waals surface area contributed by atoms with Crippen LogP contribution >= 0.6 is 7.82 Å². The average Bonchev–Trinajstić information content (AvgIpc) is 3.30. The van der Waals surface area contributed by atoms with Gasteiger partial charge in [-0.3, -0.25) is 23.4 Å². The predicted molar refractivity (Wildman–Crippen MR) is 270 cm³/mol. The van der Waals surface area contributed by atoms with Crippen molar-refractivity contribution in [2.24, 2.45) is 0 Å². The Bertz CT molecular complexity index is 1390. The second kappa shape index (κ2) is 48.4. The zero-order valence-electron chi connectivity index (χ0n) is 41.6. The molecule has 0 aliphatic rings. The van der Waals surface area contributed by atoms with E-state index in [-0.39, 0.29) is 25.9 Å². The summed E-state index contributed by atoms with van der Waals surface area (Å²) >= 11 is 0. The zero-order valence-corrected chi connectivity index (χ0v) is 42.5. The fourth-order valence-corrected chi connectivity index (χ4v) is 7.50. The Balaban J connectivity index is 4.80. The summed E-state index contributed by atoms with van der Waals surface area (Å²) in [6.45, 7) is 4.36. The number of ether oxygens (including phenoxy) is 3. The summed E-state index contributed by atoms with van der Waals surface area (Å²) in [7, 11) is -4.76. The molecule has 0 amide bonds. The van der Waals surface area contributed by atoms with Crippen molar-refractivity contribution in [2.75, 3.05) is 26.4 Å². The molecule has 2 N–H and O–H groups in total. The lowest BCUT2D eigenvalue weighted by molar-refractivity contribution is -0.160. The Kier molecular flexibility index (Phi) is 46.1. The molecule has 0 aliphatic carbocycles. The number of phosphoric acid groups is 1. The zero-order chi connectivity index (χ0) is 48.4. The van der Waals surface area contributed by atoms with Crippen LogP contribution in [0.4, 0.5) is 0 Å². The molecule has 0 aliphatic heterocycles. The van der Waals surface area contributed by atoms with Crippen molar-refractivity contribution in [2.45, 2.75) is 226 Å². The molecule has 0 rings (SSSR count). The highest BCUT2D eigenvalue weighted by atomic mass is 31.2. The van der Waals surface area contributed by atoms with Gasteiger partial charge in [-0.2, -0.15) is 0 Å². The van der Waals surface area contributed by atoms with E-state index in [9.17, 15) is 28.9 Å². The maximum Gasteiger partial charge on any atom is 0.472 e. The predicted octanol–water partition coefficient (Wildman–Crippen LogP) is 14.6. The Morgan fingerprint density at radius 3 is 1.32 bits per heavy atom. The first-order valence-electron chi connectivity index (χ1n) is 25.8. The number of hydrogen-bond acceptors (Lipinski definition) is 10. The first-order valence-corrected chi connectivity index (χ1v) is 27.3. The SMILES string of the molecule is CC/C=C\C/C=C\C/C=C\C/C=C\C/C=C\CC(=O)OC(COC(=O)CCCCCCCCCCC)COP(=O)(O)OCC(CO)OC(=O)CCCCCCC/C=C\CCCCCCCC. The van der Waals surface area contributed by atoms with Gasteiger partial charge in [-0.15, -0.1) is 0 Å². The van der Waals surface area contributed by atoms with Crippen LogP contribution in [0.3, 0.4) is 0 Å². The molecule has 0 saturated heterocycles. The molecule has 0 radical (unpaired) electrons. The van der Waals surface area contributed by atoms with E-state index in [1.54, 1.807) is 6.08 Å². The largest absolute Gasteiger partial charge is 0.472 e. The maximum absolute atomic E-state index is 12.8. The van der Waals surface area contributed by atoms with Crippen molar-refractivity contribution in [1.82, 2.24) is 0 Å². The standard InChI is InChI=1S/C54H93O11P/c1-4-7-10-13-16-19-21-23-25-27-29-32-35-38-41-44-53(57)64-50(46-55)48-62-66(59,60)63-49-51(47-61-52(56)43-40-37-34-31-18-15-12-9-6-3)65-54(58)45-42-39-36-33-30-28-26-24-22-20-17-14-11-8-5-2/h8,11,17,20,23-26,30,33,39,42,50-51,55H,4-7,9-10,12-16,18-19,21-22,27-29,31-32,34-38,40-41,43-49H2,1-3H3,(H,59,60)/b11-8-,20-17-,25-23-,26-24-,33-30-,42-39-. The van der Waals surface area contributed by atoms with E-state index >= 15 is 0 Å². The lowest BCUT2D eigenvalue weighted by Gasteiger charge is -2.21. The van der Waals surface area contributed by atoms with Crippen LogP contribution in [-0.4, -0.2) is 66.5 Å². The van der Waals surface area contributed by atoms with Crippen molar-refractivity contribution >= 4 is 25.7 Å². The maximum atomic E-state index is 12.8. The molecule has 0 bridgehead atoms. The van der Waals surface area contributed by atoms with Gasteiger partial charge in [-0.05, 0) is 70.6 Å². The number of aliphatic hydroxyl groups is 1. The first-order chi connectivity index (χ1) is 32.2. The normalized spacial score (nSPS) is 14.1. The van der Waals surface area contributed by atoms with E-state index < -0.39 is 57.8 Å². The van der Waals surface area contributed by atoms with Gasteiger partial charge in [-0.1, -0.05) is 196 Å². The highest BCUT2D eigenvalue weighted by Gasteiger charge is 2.28. The molecule has 0 aromatic rings. The monoisotopic (exact) mass is 949 g/mol. The summed E-state index contributed by atoms with van der Waals surface area (Å²) in [4.78, 5) is 48.1. The molecule has 66 heavy (non-hydrogen) atoms. The van der Waals surface area contributed by atoms with Crippen LogP contribution in [0, 0.1) is 0 Å². The highest BCUT2D eigenvalue weighted by molar-refractivity contribution is 7.47. The molecule has 0 spiro atoms. The highest BCUT2D eigenvalue weighted by Crippen LogP contribution is 2.43. The van der Waals surface area contributed by atoms with Gasteiger partial charge in [0.05, 0.1) is 26.2 Å².